The lowest BCUT2D eigenvalue weighted by Crippen LogP contribution is -2.13. The van der Waals surface area contributed by atoms with Gasteiger partial charge in [-0.05, 0) is 32.0 Å². The normalized spacial score (nSPS) is 10.6. The predicted octanol–water partition coefficient (Wildman–Crippen LogP) is 3.91. The Morgan fingerprint density at radius 2 is 2.00 bits per heavy atom. The summed E-state index contributed by atoms with van der Waals surface area (Å²) in [7, 11) is 0. The van der Waals surface area contributed by atoms with Gasteiger partial charge in [-0.15, -0.1) is 11.3 Å². The van der Waals surface area contributed by atoms with Crippen LogP contribution in [-0.4, -0.2) is 27.0 Å². The number of carbonyl (C=O) groups excluding carboxylic acids is 1. The van der Waals surface area contributed by atoms with E-state index in [-0.39, 0.29) is 16.1 Å². The molecule has 2 heterocycles. The number of carboxylic acids is 1. The topological polar surface area (TPSA) is 92.2 Å². The second-order valence-electron chi connectivity index (χ2n) is 5.54. The van der Waals surface area contributed by atoms with Gasteiger partial charge >= 0.3 is 5.97 Å². The maximum atomic E-state index is 13.3. The molecule has 0 saturated heterocycles. The van der Waals surface area contributed by atoms with Crippen LogP contribution in [0.25, 0.3) is 11.1 Å². The van der Waals surface area contributed by atoms with Gasteiger partial charge < -0.3 is 10.4 Å². The Morgan fingerprint density at radius 1 is 1.23 bits per heavy atom. The van der Waals surface area contributed by atoms with Crippen LogP contribution in [0.4, 0.5) is 9.39 Å². The molecule has 3 rings (SSSR count). The van der Waals surface area contributed by atoms with E-state index in [9.17, 15) is 19.1 Å². The molecular formula is C18H14FN3O3S. The third-order valence-corrected chi connectivity index (χ3v) is 4.60. The van der Waals surface area contributed by atoms with E-state index in [0.29, 0.717) is 22.6 Å². The number of hydrogen-bond donors (Lipinski definition) is 2. The van der Waals surface area contributed by atoms with Crippen molar-refractivity contribution in [3.05, 3.63) is 64.3 Å². The molecule has 0 fully saturated rings. The van der Waals surface area contributed by atoms with Crippen molar-refractivity contribution in [3.63, 3.8) is 0 Å². The van der Waals surface area contributed by atoms with Crippen LogP contribution < -0.4 is 5.32 Å². The van der Waals surface area contributed by atoms with E-state index < -0.39 is 17.7 Å². The summed E-state index contributed by atoms with van der Waals surface area (Å²) >= 11 is 1.08. The maximum absolute atomic E-state index is 13.3. The summed E-state index contributed by atoms with van der Waals surface area (Å²) in [4.78, 5) is 32.5. The summed E-state index contributed by atoms with van der Waals surface area (Å²) in [6, 6.07) is 5.17. The summed E-state index contributed by atoms with van der Waals surface area (Å²) in [5, 5.41) is 14.0. The monoisotopic (exact) mass is 371 g/mol. The molecule has 1 aromatic carbocycles. The largest absolute Gasteiger partial charge is 0.478 e. The highest BCUT2D eigenvalue weighted by Gasteiger charge is 2.23. The van der Waals surface area contributed by atoms with E-state index in [0.717, 1.165) is 17.4 Å². The van der Waals surface area contributed by atoms with Gasteiger partial charge in [-0.25, -0.2) is 19.2 Å². The van der Waals surface area contributed by atoms with Crippen LogP contribution in [-0.2, 0) is 0 Å². The average Bonchev–Trinajstić information content (AvgIpc) is 2.98. The third-order valence-electron chi connectivity index (χ3n) is 3.71. The predicted molar refractivity (Wildman–Crippen MR) is 96.1 cm³/mol. The van der Waals surface area contributed by atoms with Crippen molar-refractivity contribution < 1.29 is 19.1 Å². The molecule has 8 heteroatoms. The van der Waals surface area contributed by atoms with Gasteiger partial charge in [-0.1, -0.05) is 6.07 Å². The fourth-order valence-electron chi connectivity index (χ4n) is 2.51. The highest BCUT2D eigenvalue weighted by molar-refractivity contribution is 7.15. The molecule has 132 valence electrons. The number of aryl methyl sites for hydroxylation is 2. The summed E-state index contributed by atoms with van der Waals surface area (Å²) in [6.45, 7) is 3.51. The molecule has 0 spiro atoms. The molecular weight excluding hydrogens is 357 g/mol. The number of benzene rings is 1. The zero-order valence-electron chi connectivity index (χ0n) is 13.9. The second-order valence-corrected chi connectivity index (χ2v) is 6.42. The van der Waals surface area contributed by atoms with Crippen LogP contribution in [0, 0.1) is 19.7 Å². The first-order chi connectivity index (χ1) is 12.4. The third kappa shape index (κ3) is 3.45. The smallest absolute Gasteiger partial charge is 0.339 e. The van der Waals surface area contributed by atoms with Crippen LogP contribution in [0.3, 0.4) is 0 Å². The SMILES string of the molecule is Cc1ncc(-c2csc(NC(=O)c3cccc(F)c3)c2C(=O)O)c(C)n1. The van der Waals surface area contributed by atoms with Crippen LogP contribution in [0.1, 0.15) is 32.2 Å². The molecule has 26 heavy (non-hydrogen) atoms. The highest BCUT2D eigenvalue weighted by atomic mass is 32.1. The van der Waals surface area contributed by atoms with E-state index in [2.05, 4.69) is 15.3 Å². The minimum atomic E-state index is -1.18. The molecule has 3 aromatic rings. The van der Waals surface area contributed by atoms with E-state index in [1.54, 1.807) is 25.4 Å². The van der Waals surface area contributed by atoms with Crippen molar-refractivity contribution in [2.24, 2.45) is 0 Å². The first-order valence-corrected chi connectivity index (χ1v) is 8.47. The molecule has 0 aliphatic heterocycles. The second kappa shape index (κ2) is 7.01. The molecule has 0 aliphatic carbocycles. The fourth-order valence-corrected chi connectivity index (χ4v) is 3.46. The summed E-state index contributed by atoms with van der Waals surface area (Å²) in [6.07, 6.45) is 1.56. The lowest BCUT2D eigenvalue weighted by atomic mass is 10.0. The van der Waals surface area contributed by atoms with Gasteiger partial charge in [0.2, 0.25) is 0 Å². The number of amides is 1. The van der Waals surface area contributed by atoms with Crippen molar-refractivity contribution in [2.75, 3.05) is 5.32 Å². The molecule has 0 unspecified atom stereocenters. The minimum absolute atomic E-state index is 0.0460. The van der Waals surface area contributed by atoms with E-state index in [4.69, 9.17) is 0 Å². The van der Waals surface area contributed by atoms with E-state index in [1.807, 2.05) is 0 Å². The fraction of sp³-hybridized carbons (Fsp3) is 0.111. The number of nitrogens with zero attached hydrogens (tertiary/aromatic N) is 2. The van der Waals surface area contributed by atoms with E-state index in [1.165, 1.54) is 18.2 Å². The molecule has 6 nitrogen and oxygen atoms in total. The Hall–Kier alpha value is -3.13. The Morgan fingerprint density at radius 3 is 2.65 bits per heavy atom. The highest BCUT2D eigenvalue weighted by Crippen LogP contribution is 2.36. The number of rotatable bonds is 4. The van der Waals surface area contributed by atoms with Gasteiger partial charge in [-0.2, -0.15) is 0 Å². The first-order valence-electron chi connectivity index (χ1n) is 7.59. The quantitative estimate of drug-likeness (QED) is 0.725. The molecule has 0 atom stereocenters. The average molecular weight is 371 g/mol. The van der Waals surface area contributed by atoms with Crippen molar-refractivity contribution in [1.29, 1.82) is 0 Å². The zero-order valence-corrected chi connectivity index (χ0v) is 14.7. The van der Waals surface area contributed by atoms with Gasteiger partial charge in [0.25, 0.3) is 5.91 Å². The number of aromatic nitrogens is 2. The van der Waals surface area contributed by atoms with Gasteiger partial charge in [-0.3, -0.25) is 4.79 Å². The number of halogens is 1. The van der Waals surface area contributed by atoms with Crippen molar-refractivity contribution in [3.8, 4) is 11.1 Å². The Bertz CT molecular complexity index is 1020. The lowest BCUT2D eigenvalue weighted by Gasteiger charge is -2.08. The van der Waals surface area contributed by atoms with Gasteiger partial charge in [0, 0.05) is 34.0 Å². The molecule has 0 saturated carbocycles. The number of aromatic carboxylic acids is 1. The van der Waals surface area contributed by atoms with Crippen LogP contribution >= 0.6 is 11.3 Å². The Balaban J connectivity index is 2.00. The number of carboxylic acid groups (broad SMARTS) is 1. The Labute approximate surface area is 152 Å². The number of carbonyl (C=O) groups is 2. The van der Waals surface area contributed by atoms with Crippen molar-refractivity contribution >= 4 is 28.2 Å². The van der Waals surface area contributed by atoms with Crippen molar-refractivity contribution in [1.82, 2.24) is 9.97 Å². The zero-order chi connectivity index (χ0) is 18.8. The summed E-state index contributed by atoms with van der Waals surface area (Å²) < 4.78 is 13.3. The van der Waals surface area contributed by atoms with Crippen LogP contribution in [0.15, 0.2) is 35.8 Å². The standard InChI is InChI=1S/C18H14FN3O3S/c1-9-13(7-20-10(2)21-9)14-8-26-17(15(14)18(24)25)22-16(23)11-4-3-5-12(19)6-11/h3-8H,1-2H3,(H,22,23)(H,24,25). The molecule has 1 amide bonds. The number of nitrogens with one attached hydrogen (secondary N) is 1. The summed E-state index contributed by atoms with van der Waals surface area (Å²) in [5.74, 6) is -1.73. The number of anilines is 1. The molecule has 2 aromatic heterocycles. The molecule has 2 N–H and O–H groups in total. The van der Waals surface area contributed by atoms with Gasteiger partial charge in [0.1, 0.15) is 22.2 Å². The van der Waals surface area contributed by atoms with E-state index >= 15 is 0 Å². The molecule has 0 bridgehead atoms. The molecule has 0 aliphatic rings. The molecule has 0 radical (unpaired) electrons. The first kappa shape index (κ1) is 17.7. The Kier molecular flexibility index (Phi) is 4.77. The van der Waals surface area contributed by atoms with Crippen LogP contribution in [0.5, 0.6) is 0 Å². The van der Waals surface area contributed by atoms with Gasteiger partial charge in [0.15, 0.2) is 0 Å². The van der Waals surface area contributed by atoms with Crippen LogP contribution in [0.2, 0.25) is 0 Å². The maximum Gasteiger partial charge on any atom is 0.339 e. The number of hydrogen-bond acceptors (Lipinski definition) is 5. The number of thiophene rings is 1. The summed E-state index contributed by atoms with van der Waals surface area (Å²) in [5.41, 5.74) is 1.70. The van der Waals surface area contributed by atoms with Crippen molar-refractivity contribution in [2.45, 2.75) is 13.8 Å². The minimum Gasteiger partial charge on any atom is -0.478 e. The van der Waals surface area contributed by atoms with Gasteiger partial charge in [0.05, 0.1) is 0 Å². The lowest BCUT2D eigenvalue weighted by molar-refractivity contribution is 0.0699.